The molecule has 0 aliphatic heterocycles. The summed E-state index contributed by atoms with van der Waals surface area (Å²) in [5.41, 5.74) is 5.34. The molecule has 4 heterocycles. The summed E-state index contributed by atoms with van der Waals surface area (Å²) in [6.45, 7) is 1.89. The maximum atomic E-state index is 5.49. The highest BCUT2D eigenvalue weighted by atomic mass is 16.5. The molecule has 0 radical (unpaired) electrons. The minimum absolute atomic E-state index is 0.854. The lowest BCUT2D eigenvalue weighted by atomic mass is 10.1. The van der Waals surface area contributed by atoms with Gasteiger partial charge in [0.05, 0.1) is 18.8 Å². The summed E-state index contributed by atoms with van der Waals surface area (Å²) in [5.74, 6) is 0.854. The number of H-pyrrole nitrogens is 1. The normalized spacial score (nSPS) is 12.0. The third-order valence-corrected chi connectivity index (χ3v) is 5.52. The average molecular weight is 388 g/mol. The number of nitrogens with zero attached hydrogens (tertiary/aromatic N) is 5. The predicted octanol–water partition coefficient (Wildman–Crippen LogP) is 3.64. The molecule has 0 saturated carbocycles. The summed E-state index contributed by atoms with van der Waals surface area (Å²) >= 11 is 0. The van der Waals surface area contributed by atoms with Crippen LogP contribution in [0.1, 0.15) is 0 Å². The zero-order chi connectivity index (χ0) is 20.1. The van der Waals surface area contributed by atoms with Crippen LogP contribution in [0, 0.1) is 0 Å². The van der Waals surface area contributed by atoms with Gasteiger partial charge in [0.2, 0.25) is 0 Å². The molecule has 0 unspecified atom stereocenters. The number of fused-ring (bicyclic) bond motifs is 4. The van der Waals surface area contributed by atoms with Gasteiger partial charge in [0.15, 0.2) is 0 Å². The minimum atomic E-state index is 0.854. The maximum Gasteiger partial charge on any atom is 0.139 e. The monoisotopic (exact) mass is 388 g/mol. The van der Waals surface area contributed by atoms with Crippen LogP contribution in [0.15, 0.2) is 42.9 Å². The van der Waals surface area contributed by atoms with Crippen molar-refractivity contribution >= 4 is 32.8 Å². The molecule has 0 amide bonds. The number of hydrogen-bond donors (Lipinski definition) is 1. The Morgan fingerprint density at radius 2 is 2.00 bits per heavy atom. The van der Waals surface area contributed by atoms with Crippen molar-refractivity contribution < 1.29 is 4.74 Å². The second-order valence-electron chi connectivity index (χ2n) is 7.70. The van der Waals surface area contributed by atoms with E-state index >= 15 is 0 Å². The zero-order valence-electron chi connectivity index (χ0n) is 17.1. The van der Waals surface area contributed by atoms with Crippen molar-refractivity contribution in [2.24, 2.45) is 7.05 Å². The van der Waals surface area contributed by atoms with Crippen LogP contribution in [-0.2, 0) is 13.6 Å². The van der Waals surface area contributed by atoms with E-state index in [0.29, 0.717) is 0 Å². The van der Waals surface area contributed by atoms with Crippen LogP contribution < -0.4 is 4.74 Å². The van der Waals surface area contributed by atoms with E-state index in [-0.39, 0.29) is 0 Å². The Balaban J connectivity index is 1.73. The van der Waals surface area contributed by atoms with E-state index in [4.69, 9.17) is 4.74 Å². The molecule has 1 N–H and O–H groups in total. The summed E-state index contributed by atoms with van der Waals surface area (Å²) in [4.78, 5) is 10.3. The van der Waals surface area contributed by atoms with Crippen molar-refractivity contribution in [2.75, 3.05) is 27.7 Å². The third-order valence-electron chi connectivity index (χ3n) is 5.52. The number of aromatic amines is 1. The average Bonchev–Trinajstić information content (AvgIpc) is 3.40. The van der Waals surface area contributed by atoms with Crippen LogP contribution in [0.4, 0.5) is 0 Å². The number of pyridine rings is 1. The van der Waals surface area contributed by atoms with Gasteiger partial charge < -0.3 is 19.2 Å². The number of methoxy groups -OCH3 is 1. The van der Waals surface area contributed by atoms with E-state index in [9.17, 15) is 0 Å². The van der Waals surface area contributed by atoms with Gasteiger partial charge in [0, 0.05) is 65.5 Å². The topological polar surface area (TPSA) is 63.9 Å². The van der Waals surface area contributed by atoms with Gasteiger partial charge in [-0.1, -0.05) is 0 Å². The lowest BCUT2D eigenvalue weighted by Gasteiger charge is -2.11. The second kappa shape index (κ2) is 6.63. The lowest BCUT2D eigenvalue weighted by Crippen LogP contribution is -2.17. The van der Waals surface area contributed by atoms with Gasteiger partial charge in [-0.05, 0) is 38.4 Å². The van der Waals surface area contributed by atoms with Crippen molar-refractivity contribution in [3.63, 3.8) is 0 Å². The van der Waals surface area contributed by atoms with E-state index in [1.165, 1.54) is 5.52 Å². The van der Waals surface area contributed by atoms with Crippen LogP contribution in [0.5, 0.6) is 5.75 Å². The fourth-order valence-corrected chi connectivity index (χ4v) is 3.99. The molecule has 5 aromatic rings. The molecule has 7 heteroatoms. The molecule has 0 atom stereocenters. The standard InChI is InChI=1S/C22H24N6O/c1-26(2)7-8-28-13-18(16-9-15(29-4)5-6-20(16)28)19-10-17-21-14(12-24-27(21)3)11-23-22(17)25-19/h5-6,9-13H,7-8H2,1-4H3,(H,23,25). The third kappa shape index (κ3) is 2.86. The molecule has 0 aliphatic carbocycles. The van der Waals surface area contributed by atoms with Crippen molar-refractivity contribution in [3.05, 3.63) is 42.9 Å². The van der Waals surface area contributed by atoms with Gasteiger partial charge in [-0.3, -0.25) is 4.68 Å². The SMILES string of the molecule is COc1ccc2c(c1)c(-c1cc3c(ncc4cnn(C)c43)[nH]1)cn2CCN(C)C. The first-order chi connectivity index (χ1) is 14.0. The Bertz CT molecular complexity index is 1340. The van der Waals surface area contributed by atoms with Gasteiger partial charge in [0.1, 0.15) is 11.4 Å². The Morgan fingerprint density at radius 1 is 1.14 bits per heavy atom. The Hall–Kier alpha value is -3.32. The van der Waals surface area contributed by atoms with Crippen LogP contribution >= 0.6 is 0 Å². The van der Waals surface area contributed by atoms with E-state index in [2.05, 4.69) is 63.0 Å². The van der Waals surface area contributed by atoms with Gasteiger partial charge in [-0.2, -0.15) is 5.10 Å². The van der Waals surface area contributed by atoms with Crippen molar-refractivity contribution in [3.8, 4) is 17.0 Å². The highest BCUT2D eigenvalue weighted by Gasteiger charge is 2.16. The molecule has 0 spiro atoms. The first kappa shape index (κ1) is 17.8. The van der Waals surface area contributed by atoms with Crippen LogP contribution in [-0.4, -0.2) is 57.0 Å². The van der Waals surface area contributed by atoms with Crippen molar-refractivity contribution in [1.29, 1.82) is 0 Å². The molecule has 29 heavy (non-hydrogen) atoms. The van der Waals surface area contributed by atoms with Crippen LogP contribution in [0.25, 0.3) is 44.1 Å². The maximum absolute atomic E-state index is 5.49. The number of aromatic nitrogens is 5. The van der Waals surface area contributed by atoms with Crippen LogP contribution in [0.2, 0.25) is 0 Å². The predicted molar refractivity (Wildman–Crippen MR) is 116 cm³/mol. The lowest BCUT2D eigenvalue weighted by molar-refractivity contribution is 0.387. The first-order valence-corrected chi connectivity index (χ1v) is 9.66. The summed E-state index contributed by atoms with van der Waals surface area (Å²) in [7, 11) is 7.86. The highest BCUT2D eigenvalue weighted by Crippen LogP contribution is 2.35. The van der Waals surface area contributed by atoms with Gasteiger partial charge in [-0.25, -0.2) is 4.98 Å². The molecule has 148 valence electrons. The fourth-order valence-electron chi connectivity index (χ4n) is 3.99. The quantitative estimate of drug-likeness (QED) is 0.499. The molecule has 0 fully saturated rings. The van der Waals surface area contributed by atoms with Gasteiger partial charge in [0.25, 0.3) is 0 Å². The fraction of sp³-hybridized carbons (Fsp3) is 0.273. The van der Waals surface area contributed by atoms with E-state index in [1.807, 2.05) is 30.2 Å². The molecular formula is C22H24N6O. The Labute approximate surface area is 168 Å². The van der Waals surface area contributed by atoms with E-state index in [0.717, 1.165) is 57.4 Å². The largest absolute Gasteiger partial charge is 0.497 e. The number of aryl methyl sites for hydroxylation is 1. The first-order valence-electron chi connectivity index (χ1n) is 9.66. The molecule has 0 saturated heterocycles. The van der Waals surface area contributed by atoms with Gasteiger partial charge in [-0.15, -0.1) is 0 Å². The van der Waals surface area contributed by atoms with E-state index < -0.39 is 0 Å². The highest BCUT2D eigenvalue weighted by molar-refractivity contribution is 6.06. The Kier molecular flexibility index (Phi) is 4.06. The summed E-state index contributed by atoms with van der Waals surface area (Å²) in [5, 5.41) is 7.67. The minimum Gasteiger partial charge on any atom is -0.497 e. The Morgan fingerprint density at radius 3 is 2.79 bits per heavy atom. The van der Waals surface area contributed by atoms with Crippen LogP contribution in [0.3, 0.4) is 0 Å². The molecule has 0 aliphatic rings. The van der Waals surface area contributed by atoms with Gasteiger partial charge >= 0.3 is 0 Å². The number of benzene rings is 1. The summed E-state index contributed by atoms with van der Waals surface area (Å²) in [6.07, 6.45) is 5.94. The number of nitrogens with one attached hydrogen (secondary N) is 1. The molecule has 5 rings (SSSR count). The molecule has 1 aromatic carbocycles. The van der Waals surface area contributed by atoms with Crippen molar-refractivity contribution in [1.82, 2.24) is 29.2 Å². The summed E-state index contributed by atoms with van der Waals surface area (Å²) in [6, 6.07) is 8.43. The zero-order valence-corrected chi connectivity index (χ0v) is 17.1. The smallest absolute Gasteiger partial charge is 0.139 e. The van der Waals surface area contributed by atoms with Crippen molar-refractivity contribution in [2.45, 2.75) is 6.54 Å². The molecule has 0 bridgehead atoms. The second-order valence-corrected chi connectivity index (χ2v) is 7.70. The van der Waals surface area contributed by atoms with E-state index in [1.54, 1.807) is 7.11 Å². The molecule has 7 nitrogen and oxygen atoms in total. The number of hydrogen-bond acceptors (Lipinski definition) is 4. The number of ether oxygens (including phenoxy) is 1. The molecular weight excluding hydrogens is 364 g/mol. The summed E-state index contributed by atoms with van der Waals surface area (Å²) < 4.78 is 9.70. The number of likely N-dealkylation sites (N-methyl/N-ethyl adjacent to an activating group) is 1. The number of rotatable bonds is 5. The molecule has 4 aromatic heterocycles.